The number of hydrogen-bond donors (Lipinski definition) is 2. The third-order valence-electron chi connectivity index (χ3n) is 3.84. The number of nitrogens with zero attached hydrogens (tertiary/aromatic N) is 2. The summed E-state index contributed by atoms with van der Waals surface area (Å²) in [7, 11) is 0. The molecular formula is C19H16BrIN4. The minimum atomic E-state index is 0. The molecule has 0 spiro atoms. The number of amidine groups is 1. The van der Waals surface area contributed by atoms with Crippen LogP contribution in [0.15, 0.2) is 90.0 Å². The van der Waals surface area contributed by atoms with Gasteiger partial charge in [-0.05, 0) is 64.5 Å². The van der Waals surface area contributed by atoms with Crippen LogP contribution in [-0.4, -0.2) is 5.84 Å². The lowest BCUT2D eigenvalue weighted by Crippen LogP contribution is -3.15. The van der Waals surface area contributed by atoms with Crippen LogP contribution < -0.4 is 32.6 Å². The van der Waals surface area contributed by atoms with E-state index in [-0.39, 0.29) is 17.0 Å². The summed E-state index contributed by atoms with van der Waals surface area (Å²) in [6, 6.07) is 28.8. The molecule has 1 unspecified atom stereocenters. The molecule has 0 bridgehead atoms. The van der Waals surface area contributed by atoms with Gasteiger partial charge in [0, 0.05) is 15.7 Å². The van der Waals surface area contributed by atoms with Crippen molar-refractivity contribution in [1.82, 2.24) is 5.53 Å². The monoisotopic (exact) mass is 506 g/mol. The molecule has 1 atom stereocenters. The summed E-state index contributed by atoms with van der Waals surface area (Å²) >= 11 is 2.31. The van der Waals surface area contributed by atoms with Crippen molar-refractivity contribution >= 4 is 39.8 Å². The molecule has 0 aliphatic carbocycles. The number of rotatable bonds is 3. The van der Waals surface area contributed by atoms with Crippen LogP contribution in [0, 0.1) is 3.57 Å². The second-order valence-corrected chi connectivity index (χ2v) is 6.70. The third-order valence-corrected chi connectivity index (χ3v) is 4.55. The maximum atomic E-state index is 4.82. The van der Waals surface area contributed by atoms with Crippen LogP contribution in [0.3, 0.4) is 0 Å². The number of halogens is 2. The Kier molecular flexibility index (Phi) is 5.85. The van der Waals surface area contributed by atoms with Crippen molar-refractivity contribution in [3.05, 3.63) is 94.1 Å². The van der Waals surface area contributed by atoms with Crippen LogP contribution in [0.5, 0.6) is 0 Å². The summed E-state index contributed by atoms with van der Waals surface area (Å²) in [5.41, 5.74) is 6.66. The van der Waals surface area contributed by atoms with Crippen LogP contribution >= 0.6 is 22.6 Å². The maximum Gasteiger partial charge on any atom is 0.278 e. The molecule has 1 heterocycles. The molecular weight excluding hydrogens is 491 g/mol. The highest BCUT2D eigenvalue weighted by molar-refractivity contribution is 14.1. The molecule has 126 valence electrons. The molecule has 0 aromatic heterocycles. The van der Waals surface area contributed by atoms with E-state index in [1.165, 1.54) is 3.57 Å². The number of nitrogens with one attached hydrogen (secondary N) is 2. The molecule has 4 nitrogen and oxygen atoms in total. The fourth-order valence-corrected chi connectivity index (χ4v) is 3.00. The lowest BCUT2D eigenvalue weighted by Gasteiger charge is -2.16. The zero-order valence-electron chi connectivity index (χ0n) is 13.2. The minimum absolute atomic E-state index is 0. The fraction of sp³-hybridized carbons (Fsp3) is 0. The maximum absolute atomic E-state index is 4.82. The number of hydrogen-bond acceptors (Lipinski definition) is 3. The largest absolute Gasteiger partial charge is 1.00 e. The lowest BCUT2D eigenvalue weighted by molar-refractivity contribution is -0.779. The summed E-state index contributed by atoms with van der Waals surface area (Å²) in [4.78, 5) is 0. The van der Waals surface area contributed by atoms with Crippen LogP contribution in [0.25, 0.3) is 0 Å². The smallest absolute Gasteiger partial charge is 0.278 e. The van der Waals surface area contributed by atoms with E-state index < -0.39 is 0 Å². The molecule has 0 fully saturated rings. The van der Waals surface area contributed by atoms with Gasteiger partial charge in [0.2, 0.25) is 0 Å². The van der Waals surface area contributed by atoms with Gasteiger partial charge in [-0.3, -0.25) is 0 Å². The quantitative estimate of drug-likeness (QED) is 0.494. The molecule has 1 aliphatic rings. The third kappa shape index (κ3) is 3.92. The second kappa shape index (κ2) is 8.09. The summed E-state index contributed by atoms with van der Waals surface area (Å²) in [6.45, 7) is 0. The van der Waals surface area contributed by atoms with Crippen LogP contribution in [0.2, 0.25) is 0 Å². The molecule has 2 N–H and O–H groups in total. The van der Waals surface area contributed by atoms with E-state index in [1.807, 2.05) is 41.5 Å². The number of para-hydroxylation sites is 1. The highest BCUT2D eigenvalue weighted by Crippen LogP contribution is 2.17. The first-order valence-electron chi connectivity index (χ1n) is 7.70. The summed E-state index contributed by atoms with van der Waals surface area (Å²) in [5, 5.41) is 7.66. The van der Waals surface area contributed by atoms with Gasteiger partial charge in [-0.2, -0.15) is 5.01 Å². The van der Waals surface area contributed by atoms with Crippen molar-refractivity contribution in [1.29, 1.82) is 0 Å². The molecule has 3 aromatic carbocycles. The Labute approximate surface area is 171 Å². The Morgan fingerprint density at radius 3 is 2.04 bits per heavy atom. The van der Waals surface area contributed by atoms with E-state index in [0.717, 1.165) is 27.8 Å². The molecule has 0 saturated carbocycles. The highest BCUT2D eigenvalue weighted by atomic mass is 127. The average Bonchev–Trinajstić information content (AvgIpc) is 3.09. The fourth-order valence-electron chi connectivity index (χ4n) is 2.64. The normalized spacial score (nSPS) is 16.3. The van der Waals surface area contributed by atoms with Gasteiger partial charge in [0.25, 0.3) is 5.84 Å². The van der Waals surface area contributed by atoms with E-state index in [0.29, 0.717) is 0 Å². The first-order chi connectivity index (χ1) is 11.8. The van der Waals surface area contributed by atoms with Crippen molar-refractivity contribution in [2.75, 3.05) is 5.12 Å². The standard InChI is InChI=1S/C19H15IN4.BrH/c20-16-11-13-18(14-12-16)24-21-19(15-7-3-1-4-8-15)23(22-24)17-9-5-2-6-10-17;/h1-14,22H;1H. The second-order valence-electron chi connectivity index (χ2n) is 5.46. The van der Waals surface area contributed by atoms with E-state index >= 15 is 0 Å². The lowest BCUT2D eigenvalue weighted by atomic mass is 10.2. The molecule has 0 radical (unpaired) electrons. The number of quaternary nitrogens is 1. The Bertz CT molecular complexity index is 854. The van der Waals surface area contributed by atoms with Gasteiger partial charge in [0.15, 0.2) is 5.69 Å². The first kappa shape index (κ1) is 18.1. The van der Waals surface area contributed by atoms with Gasteiger partial charge in [-0.15, -0.1) is 5.12 Å². The molecule has 0 amide bonds. The number of hydrazine groups is 1. The Morgan fingerprint density at radius 1 is 0.800 bits per heavy atom. The first-order valence-corrected chi connectivity index (χ1v) is 8.78. The van der Waals surface area contributed by atoms with Crippen LogP contribution in [0.1, 0.15) is 5.56 Å². The SMILES string of the molecule is Ic1ccc(N2N=C(c3ccccc3)[NH+](c3ccccc3)N2)cc1.[Br-]. The zero-order chi connectivity index (χ0) is 16.4. The van der Waals surface area contributed by atoms with Gasteiger partial charge in [0.1, 0.15) is 0 Å². The van der Waals surface area contributed by atoms with Gasteiger partial charge < -0.3 is 17.0 Å². The molecule has 3 aromatic rings. The van der Waals surface area contributed by atoms with Crippen molar-refractivity contribution < 1.29 is 22.0 Å². The molecule has 0 saturated heterocycles. The van der Waals surface area contributed by atoms with Gasteiger partial charge in [-0.1, -0.05) is 41.5 Å². The van der Waals surface area contributed by atoms with Gasteiger partial charge >= 0.3 is 0 Å². The van der Waals surface area contributed by atoms with E-state index in [2.05, 4.69) is 76.7 Å². The zero-order valence-corrected chi connectivity index (χ0v) is 17.0. The summed E-state index contributed by atoms with van der Waals surface area (Å²) < 4.78 is 1.20. The number of hydrazone groups is 1. The molecule has 6 heteroatoms. The Morgan fingerprint density at radius 2 is 1.40 bits per heavy atom. The molecule has 1 aliphatic heterocycles. The Balaban J connectivity index is 0.00000182. The molecule has 25 heavy (non-hydrogen) atoms. The van der Waals surface area contributed by atoms with Crippen LogP contribution in [0.4, 0.5) is 11.4 Å². The topological polar surface area (TPSA) is 32.1 Å². The minimum Gasteiger partial charge on any atom is -1.00 e. The van der Waals surface area contributed by atoms with E-state index in [4.69, 9.17) is 5.10 Å². The van der Waals surface area contributed by atoms with Gasteiger partial charge in [-0.25, -0.2) is 0 Å². The summed E-state index contributed by atoms with van der Waals surface area (Å²) in [6.07, 6.45) is 0. The summed E-state index contributed by atoms with van der Waals surface area (Å²) in [5.74, 6) is 0.945. The predicted octanol–water partition coefficient (Wildman–Crippen LogP) is 0.113. The average molecular weight is 507 g/mol. The predicted molar refractivity (Wildman–Crippen MR) is 105 cm³/mol. The van der Waals surface area contributed by atoms with Crippen LogP contribution in [-0.2, 0) is 0 Å². The van der Waals surface area contributed by atoms with Gasteiger partial charge in [0.05, 0.1) is 11.3 Å². The van der Waals surface area contributed by atoms with Crippen molar-refractivity contribution in [3.63, 3.8) is 0 Å². The van der Waals surface area contributed by atoms with Crippen molar-refractivity contribution in [2.45, 2.75) is 0 Å². The van der Waals surface area contributed by atoms with Crippen molar-refractivity contribution in [2.24, 2.45) is 5.10 Å². The highest BCUT2D eigenvalue weighted by Gasteiger charge is 2.32. The van der Waals surface area contributed by atoms with E-state index in [1.54, 1.807) is 0 Å². The number of anilines is 1. The van der Waals surface area contributed by atoms with Crippen molar-refractivity contribution in [3.8, 4) is 0 Å². The van der Waals surface area contributed by atoms with E-state index in [9.17, 15) is 0 Å². The Hall–Kier alpha value is -1.74. The number of benzene rings is 3. The molecule has 4 rings (SSSR count).